The van der Waals surface area contributed by atoms with E-state index in [1.165, 1.54) is 13.2 Å². The van der Waals surface area contributed by atoms with Gasteiger partial charge < -0.3 is 4.74 Å². The Morgan fingerprint density at radius 3 is 2.61 bits per heavy atom. The third-order valence-electron chi connectivity index (χ3n) is 2.59. The maximum Gasteiger partial charge on any atom is 0.358 e. The number of esters is 1. The number of fused-ring (bicyclic) bond motifs is 1. The van der Waals surface area contributed by atoms with Crippen LogP contribution in [0.25, 0.3) is 16.8 Å². The molecule has 2 rings (SSSR count). The first kappa shape index (κ1) is 12.0. The molecule has 18 heavy (non-hydrogen) atoms. The largest absolute Gasteiger partial charge is 0.464 e. The Bertz CT molecular complexity index is 632. The molecule has 4 nitrogen and oxygen atoms in total. The van der Waals surface area contributed by atoms with E-state index in [1.54, 1.807) is 0 Å². The van der Waals surface area contributed by atoms with E-state index in [0.717, 1.165) is 16.3 Å². The van der Waals surface area contributed by atoms with Crippen molar-refractivity contribution in [2.24, 2.45) is 5.11 Å². The van der Waals surface area contributed by atoms with Crippen LogP contribution in [0, 0.1) is 5.53 Å². The Hall–Kier alpha value is -2.49. The molecule has 1 N–H and O–H groups in total. The normalized spacial score (nSPS) is 11.3. The summed E-state index contributed by atoms with van der Waals surface area (Å²) in [6.45, 7) is 0. The van der Waals surface area contributed by atoms with Crippen LogP contribution in [-0.2, 0) is 9.53 Å². The minimum absolute atomic E-state index is 0.0206. The molecular weight excluding hydrogens is 228 g/mol. The molecule has 0 aliphatic heterocycles. The van der Waals surface area contributed by atoms with Crippen molar-refractivity contribution in [2.75, 3.05) is 7.11 Å². The Balaban J connectivity index is 2.45. The standard InChI is InChI=1S/C14H12N2O2/c1-18-14(17)13(16-15)9-10-6-7-11-4-2-3-5-12(11)8-10/h2-9,15H,1H3/b13-9+,16-15?. The maximum atomic E-state index is 11.3. The number of nitrogens with one attached hydrogen (secondary N) is 1. The van der Waals surface area contributed by atoms with Crippen molar-refractivity contribution in [3.05, 3.63) is 53.7 Å². The molecule has 0 fully saturated rings. The molecule has 4 heteroatoms. The second-order valence-corrected chi connectivity index (χ2v) is 3.74. The van der Waals surface area contributed by atoms with Crippen LogP contribution in [-0.4, -0.2) is 13.1 Å². The number of ether oxygens (including phenoxy) is 1. The summed E-state index contributed by atoms with van der Waals surface area (Å²) >= 11 is 0. The van der Waals surface area contributed by atoms with Gasteiger partial charge in [-0.1, -0.05) is 36.4 Å². The predicted octanol–water partition coefficient (Wildman–Crippen LogP) is 3.38. The predicted molar refractivity (Wildman–Crippen MR) is 69.1 cm³/mol. The zero-order valence-corrected chi connectivity index (χ0v) is 9.88. The summed E-state index contributed by atoms with van der Waals surface area (Å²) in [7, 11) is 1.27. The average Bonchev–Trinajstić information content (AvgIpc) is 2.43. The van der Waals surface area contributed by atoms with Crippen LogP contribution in [0.15, 0.2) is 53.3 Å². The van der Waals surface area contributed by atoms with Gasteiger partial charge in [0, 0.05) is 0 Å². The lowest BCUT2D eigenvalue weighted by molar-refractivity contribution is -0.136. The molecule has 0 bridgehead atoms. The molecule has 2 aromatic carbocycles. The van der Waals surface area contributed by atoms with Crippen molar-refractivity contribution in [1.82, 2.24) is 0 Å². The minimum Gasteiger partial charge on any atom is -0.464 e. The summed E-state index contributed by atoms with van der Waals surface area (Å²) < 4.78 is 4.54. The van der Waals surface area contributed by atoms with Crippen molar-refractivity contribution < 1.29 is 9.53 Å². The van der Waals surface area contributed by atoms with E-state index in [1.807, 2.05) is 42.5 Å². The van der Waals surface area contributed by atoms with E-state index in [9.17, 15) is 4.79 Å². The maximum absolute atomic E-state index is 11.3. The molecular formula is C14H12N2O2. The summed E-state index contributed by atoms with van der Waals surface area (Å²) in [5, 5.41) is 5.36. The number of hydrogen-bond acceptors (Lipinski definition) is 4. The fraction of sp³-hybridized carbons (Fsp3) is 0.0714. The zero-order chi connectivity index (χ0) is 13.0. The van der Waals surface area contributed by atoms with Gasteiger partial charge >= 0.3 is 5.97 Å². The second kappa shape index (κ2) is 5.23. The van der Waals surface area contributed by atoms with Gasteiger partial charge in [-0.05, 0) is 28.5 Å². The molecule has 0 amide bonds. The van der Waals surface area contributed by atoms with Gasteiger partial charge in [0.2, 0.25) is 0 Å². The Morgan fingerprint density at radius 2 is 1.94 bits per heavy atom. The summed E-state index contributed by atoms with van der Waals surface area (Å²) in [5.41, 5.74) is 7.75. The lowest BCUT2D eigenvalue weighted by atomic mass is 10.1. The summed E-state index contributed by atoms with van der Waals surface area (Å²) in [6.07, 6.45) is 1.53. The van der Waals surface area contributed by atoms with Crippen molar-refractivity contribution in [2.45, 2.75) is 0 Å². The number of nitrogens with zero attached hydrogens (tertiary/aromatic N) is 1. The Morgan fingerprint density at radius 1 is 1.22 bits per heavy atom. The molecule has 0 unspecified atom stereocenters. The molecule has 0 atom stereocenters. The lowest BCUT2D eigenvalue weighted by Crippen LogP contribution is -2.01. The molecule has 0 aliphatic carbocycles. The van der Waals surface area contributed by atoms with Crippen molar-refractivity contribution in [3.63, 3.8) is 0 Å². The fourth-order valence-electron chi connectivity index (χ4n) is 1.70. The Kier molecular flexibility index (Phi) is 3.48. The number of carbonyl (C=O) groups excluding carboxylic acids is 1. The van der Waals surface area contributed by atoms with E-state index < -0.39 is 5.97 Å². The van der Waals surface area contributed by atoms with E-state index in [2.05, 4.69) is 9.85 Å². The first-order valence-electron chi connectivity index (χ1n) is 5.41. The van der Waals surface area contributed by atoms with Crippen molar-refractivity contribution >= 4 is 22.8 Å². The van der Waals surface area contributed by atoms with Crippen LogP contribution in [0.2, 0.25) is 0 Å². The highest BCUT2D eigenvalue weighted by Crippen LogP contribution is 2.18. The lowest BCUT2D eigenvalue weighted by Gasteiger charge is -2.01. The van der Waals surface area contributed by atoms with Gasteiger partial charge in [-0.2, -0.15) is 5.11 Å². The van der Waals surface area contributed by atoms with Crippen LogP contribution in [0.1, 0.15) is 5.56 Å². The monoisotopic (exact) mass is 240 g/mol. The summed E-state index contributed by atoms with van der Waals surface area (Å²) in [5.74, 6) is -0.613. The van der Waals surface area contributed by atoms with Gasteiger partial charge in [0.15, 0.2) is 5.70 Å². The Labute approximate surface area is 104 Å². The van der Waals surface area contributed by atoms with E-state index in [0.29, 0.717) is 0 Å². The number of carbonyl (C=O) groups is 1. The minimum atomic E-state index is -0.613. The number of rotatable bonds is 3. The molecule has 0 aliphatic rings. The van der Waals surface area contributed by atoms with Crippen LogP contribution < -0.4 is 0 Å². The molecule has 0 radical (unpaired) electrons. The second-order valence-electron chi connectivity index (χ2n) is 3.74. The molecule has 0 saturated carbocycles. The van der Waals surface area contributed by atoms with Gasteiger partial charge in [0.25, 0.3) is 0 Å². The van der Waals surface area contributed by atoms with Crippen LogP contribution >= 0.6 is 0 Å². The van der Waals surface area contributed by atoms with Gasteiger partial charge in [0.1, 0.15) is 0 Å². The topological polar surface area (TPSA) is 62.5 Å². The highest BCUT2D eigenvalue weighted by Gasteiger charge is 2.08. The highest BCUT2D eigenvalue weighted by molar-refractivity contribution is 5.94. The summed E-state index contributed by atoms with van der Waals surface area (Å²) in [4.78, 5) is 11.3. The highest BCUT2D eigenvalue weighted by atomic mass is 16.5. The fourth-order valence-corrected chi connectivity index (χ4v) is 1.70. The van der Waals surface area contributed by atoms with Crippen LogP contribution in [0.4, 0.5) is 0 Å². The number of hydrogen-bond donors (Lipinski definition) is 1. The first-order valence-corrected chi connectivity index (χ1v) is 5.41. The SMILES string of the molecule is COC(=O)/C(=C\c1ccc2ccccc2c1)N=N. The quantitative estimate of drug-likeness (QED) is 0.507. The van der Waals surface area contributed by atoms with Crippen molar-refractivity contribution in [3.8, 4) is 0 Å². The van der Waals surface area contributed by atoms with Gasteiger partial charge in [0.05, 0.1) is 7.11 Å². The average molecular weight is 240 g/mol. The first-order chi connectivity index (χ1) is 8.74. The van der Waals surface area contributed by atoms with Gasteiger partial charge in [-0.3, -0.25) is 0 Å². The molecule has 0 aromatic heterocycles. The van der Waals surface area contributed by atoms with Gasteiger partial charge in [-0.15, -0.1) is 0 Å². The van der Waals surface area contributed by atoms with Gasteiger partial charge in [-0.25, -0.2) is 10.3 Å². The third kappa shape index (κ3) is 2.43. The zero-order valence-electron chi connectivity index (χ0n) is 9.88. The van der Waals surface area contributed by atoms with Crippen LogP contribution in [0.3, 0.4) is 0 Å². The number of benzene rings is 2. The smallest absolute Gasteiger partial charge is 0.358 e. The molecule has 2 aromatic rings. The third-order valence-corrected chi connectivity index (χ3v) is 2.59. The molecule has 0 heterocycles. The molecule has 90 valence electrons. The van der Waals surface area contributed by atoms with E-state index in [-0.39, 0.29) is 5.70 Å². The summed E-state index contributed by atoms with van der Waals surface area (Å²) in [6, 6.07) is 13.7. The number of methoxy groups -OCH3 is 1. The molecule has 0 saturated heterocycles. The molecule has 0 spiro atoms. The van der Waals surface area contributed by atoms with Crippen molar-refractivity contribution in [1.29, 1.82) is 5.53 Å². The van der Waals surface area contributed by atoms with E-state index >= 15 is 0 Å². The van der Waals surface area contributed by atoms with E-state index in [4.69, 9.17) is 5.53 Å². The van der Waals surface area contributed by atoms with Crippen LogP contribution in [0.5, 0.6) is 0 Å².